The third-order valence-corrected chi connectivity index (χ3v) is 7.85. The van der Waals surface area contributed by atoms with E-state index in [9.17, 15) is 13.2 Å². The lowest BCUT2D eigenvalue weighted by molar-refractivity contribution is -0.127. The van der Waals surface area contributed by atoms with Crippen molar-refractivity contribution < 1.29 is 13.2 Å². The molecule has 2 aliphatic heterocycles. The van der Waals surface area contributed by atoms with Gasteiger partial charge in [-0.25, -0.2) is 8.42 Å². The molecule has 0 aromatic heterocycles. The van der Waals surface area contributed by atoms with Crippen molar-refractivity contribution in [2.75, 3.05) is 40.3 Å². The molecular weight excluding hydrogens is 386 g/mol. The van der Waals surface area contributed by atoms with Gasteiger partial charge in [0.15, 0.2) is 0 Å². The van der Waals surface area contributed by atoms with Crippen LogP contribution in [0.5, 0.6) is 0 Å². The van der Waals surface area contributed by atoms with Crippen molar-refractivity contribution in [3.8, 4) is 0 Å². The zero-order valence-corrected chi connectivity index (χ0v) is 18.4. The third kappa shape index (κ3) is 5.68. The predicted molar refractivity (Wildman–Crippen MR) is 116 cm³/mol. The summed E-state index contributed by atoms with van der Waals surface area (Å²) in [6, 6.07) is 7.24. The highest BCUT2D eigenvalue weighted by Gasteiger charge is 2.25. The van der Waals surface area contributed by atoms with Gasteiger partial charge in [0.2, 0.25) is 15.9 Å². The number of likely N-dealkylation sites (tertiary alicyclic amines) is 1. The summed E-state index contributed by atoms with van der Waals surface area (Å²) < 4.78 is 27.3. The molecule has 2 aliphatic rings. The molecule has 7 heteroatoms. The van der Waals surface area contributed by atoms with E-state index in [0.717, 1.165) is 57.2 Å². The molecule has 6 nitrogen and oxygen atoms in total. The van der Waals surface area contributed by atoms with Crippen molar-refractivity contribution in [2.24, 2.45) is 0 Å². The van der Waals surface area contributed by atoms with Crippen LogP contribution in [0, 0.1) is 0 Å². The first-order valence-electron chi connectivity index (χ1n) is 10.6. The number of nitrogens with zero attached hydrogens (tertiary/aromatic N) is 3. The minimum Gasteiger partial charge on any atom is -0.338 e. The van der Waals surface area contributed by atoms with Crippen LogP contribution in [0.25, 0.3) is 6.08 Å². The van der Waals surface area contributed by atoms with Crippen molar-refractivity contribution >= 4 is 22.0 Å². The highest BCUT2D eigenvalue weighted by molar-refractivity contribution is 7.89. The van der Waals surface area contributed by atoms with Gasteiger partial charge < -0.3 is 9.80 Å². The van der Waals surface area contributed by atoms with Crippen LogP contribution in [0.2, 0.25) is 0 Å². The summed E-state index contributed by atoms with van der Waals surface area (Å²) in [6.45, 7) is 2.74. The van der Waals surface area contributed by atoms with E-state index in [1.807, 2.05) is 4.90 Å². The number of carbonyl (C=O) groups excluding carboxylic acids is 1. The molecule has 0 saturated carbocycles. The first kappa shape index (κ1) is 22.0. The first-order chi connectivity index (χ1) is 13.9. The number of hydrogen-bond acceptors (Lipinski definition) is 4. The molecule has 1 aromatic carbocycles. The van der Waals surface area contributed by atoms with Gasteiger partial charge >= 0.3 is 0 Å². The lowest BCUT2D eigenvalue weighted by Gasteiger charge is -2.35. The lowest BCUT2D eigenvalue weighted by atomic mass is 10.0. The number of carbonyl (C=O) groups is 1. The van der Waals surface area contributed by atoms with Gasteiger partial charge in [0.1, 0.15) is 0 Å². The monoisotopic (exact) mass is 419 g/mol. The molecule has 29 heavy (non-hydrogen) atoms. The van der Waals surface area contributed by atoms with E-state index >= 15 is 0 Å². The number of benzene rings is 1. The minimum absolute atomic E-state index is 0.0119. The van der Waals surface area contributed by atoms with Crippen molar-refractivity contribution in [1.29, 1.82) is 0 Å². The van der Waals surface area contributed by atoms with E-state index in [2.05, 4.69) is 19.0 Å². The molecule has 0 N–H and O–H groups in total. The van der Waals surface area contributed by atoms with Crippen LogP contribution >= 0.6 is 0 Å². The average molecular weight is 420 g/mol. The molecule has 2 saturated heterocycles. The van der Waals surface area contributed by atoms with E-state index in [-0.39, 0.29) is 5.91 Å². The Morgan fingerprint density at radius 2 is 1.66 bits per heavy atom. The average Bonchev–Trinajstić information content (AvgIpc) is 3.02. The Bertz CT molecular complexity index is 810. The summed E-state index contributed by atoms with van der Waals surface area (Å²) in [7, 11) is 0.667. The van der Waals surface area contributed by atoms with Gasteiger partial charge in [0, 0.05) is 38.3 Å². The van der Waals surface area contributed by atoms with Crippen molar-refractivity contribution in [3.05, 3.63) is 35.9 Å². The van der Waals surface area contributed by atoms with Crippen molar-refractivity contribution in [2.45, 2.75) is 49.5 Å². The van der Waals surface area contributed by atoms with Gasteiger partial charge in [-0.3, -0.25) is 4.79 Å². The Balaban J connectivity index is 1.63. The maximum absolute atomic E-state index is 12.9. The van der Waals surface area contributed by atoms with Gasteiger partial charge in [-0.05, 0) is 63.6 Å². The fraction of sp³-hybridized carbons (Fsp3) is 0.591. The van der Waals surface area contributed by atoms with Gasteiger partial charge in [0.25, 0.3) is 0 Å². The molecule has 2 heterocycles. The van der Waals surface area contributed by atoms with Gasteiger partial charge in [-0.15, -0.1) is 0 Å². The molecule has 3 rings (SSSR count). The predicted octanol–water partition coefficient (Wildman–Crippen LogP) is 2.82. The molecule has 2 fully saturated rings. The SMILES string of the molecule is CN(C)C1CCCN(C(=O)/C=C/c2ccc(S(=O)(=O)N3CCCCCC3)cc2)C1. The molecule has 0 radical (unpaired) electrons. The van der Waals surface area contributed by atoms with Crippen molar-refractivity contribution in [3.63, 3.8) is 0 Å². The normalized spacial score (nSPS) is 22.2. The quantitative estimate of drug-likeness (QED) is 0.689. The summed E-state index contributed by atoms with van der Waals surface area (Å²) in [5, 5.41) is 0. The fourth-order valence-corrected chi connectivity index (χ4v) is 5.55. The second-order valence-electron chi connectivity index (χ2n) is 8.26. The third-order valence-electron chi connectivity index (χ3n) is 5.94. The van der Waals surface area contributed by atoms with Crippen LogP contribution in [0.4, 0.5) is 0 Å². The molecule has 1 amide bonds. The van der Waals surface area contributed by atoms with Gasteiger partial charge in [-0.2, -0.15) is 4.31 Å². The maximum Gasteiger partial charge on any atom is 0.246 e. The summed E-state index contributed by atoms with van der Waals surface area (Å²) in [5.74, 6) is 0.0119. The molecular formula is C22H33N3O3S. The zero-order chi connectivity index (χ0) is 20.9. The Morgan fingerprint density at radius 3 is 2.28 bits per heavy atom. The summed E-state index contributed by atoms with van der Waals surface area (Å²) in [6.07, 6.45) is 9.53. The summed E-state index contributed by atoms with van der Waals surface area (Å²) in [5.41, 5.74) is 0.828. The molecule has 0 spiro atoms. The minimum atomic E-state index is -3.44. The smallest absolute Gasteiger partial charge is 0.246 e. The highest BCUT2D eigenvalue weighted by Crippen LogP contribution is 2.21. The number of hydrogen-bond donors (Lipinski definition) is 0. The van der Waals surface area contributed by atoms with E-state index in [4.69, 9.17) is 0 Å². The summed E-state index contributed by atoms with van der Waals surface area (Å²) >= 11 is 0. The largest absolute Gasteiger partial charge is 0.338 e. The van der Waals surface area contributed by atoms with E-state index in [0.29, 0.717) is 24.0 Å². The summed E-state index contributed by atoms with van der Waals surface area (Å²) in [4.78, 5) is 16.9. The van der Waals surface area contributed by atoms with Gasteiger partial charge in [-0.1, -0.05) is 25.0 Å². The standard InChI is InChI=1S/C22H33N3O3S/c1-23(2)20-8-7-15-24(18-20)22(26)14-11-19-9-12-21(13-10-19)29(27,28)25-16-5-3-4-6-17-25/h9-14,20H,3-8,15-18H2,1-2H3/b14-11+. The lowest BCUT2D eigenvalue weighted by Crippen LogP contribution is -2.47. The van der Waals surface area contributed by atoms with E-state index in [1.54, 1.807) is 40.7 Å². The molecule has 0 aliphatic carbocycles. The number of piperidine rings is 1. The van der Waals surface area contributed by atoms with Crippen LogP contribution in [0.3, 0.4) is 0 Å². The fourth-order valence-electron chi connectivity index (χ4n) is 4.03. The van der Waals surface area contributed by atoms with E-state index < -0.39 is 10.0 Å². The highest BCUT2D eigenvalue weighted by atomic mass is 32.2. The Morgan fingerprint density at radius 1 is 1.00 bits per heavy atom. The molecule has 1 atom stereocenters. The van der Waals surface area contributed by atoms with Crippen LogP contribution in [-0.4, -0.2) is 74.7 Å². The number of sulfonamides is 1. The van der Waals surface area contributed by atoms with Crippen LogP contribution in [0.15, 0.2) is 35.2 Å². The number of likely N-dealkylation sites (N-methyl/N-ethyl adjacent to an activating group) is 1. The second-order valence-corrected chi connectivity index (χ2v) is 10.2. The number of amides is 1. The van der Waals surface area contributed by atoms with Crippen LogP contribution < -0.4 is 0 Å². The van der Waals surface area contributed by atoms with Crippen LogP contribution in [-0.2, 0) is 14.8 Å². The maximum atomic E-state index is 12.9. The zero-order valence-electron chi connectivity index (χ0n) is 17.6. The Kier molecular flexibility index (Phi) is 7.49. The van der Waals surface area contributed by atoms with Crippen molar-refractivity contribution in [1.82, 2.24) is 14.1 Å². The first-order valence-corrected chi connectivity index (χ1v) is 12.1. The molecule has 1 unspecified atom stereocenters. The molecule has 0 bridgehead atoms. The molecule has 160 valence electrons. The Labute approximate surface area is 175 Å². The van der Waals surface area contributed by atoms with E-state index in [1.165, 1.54) is 0 Å². The number of rotatable bonds is 5. The molecule has 1 aromatic rings. The topological polar surface area (TPSA) is 60.9 Å². The second kappa shape index (κ2) is 9.87. The van der Waals surface area contributed by atoms with Gasteiger partial charge in [0.05, 0.1) is 4.90 Å². The van der Waals surface area contributed by atoms with Crippen LogP contribution in [0.1, 0.15) is 44.1 Å². The Hall–Kier alpha value is -1.70.